The van der Waals surface area contributed by atoms with Gasteiger partial charge in [0.1, 0.15) is 11.3 Å². The highest BCUT2D eigenvalue weighted by Gasteiger charge is 2.14. The van der Waals surface area contributed by atoms with Crippen LogP contribution >= 0.6 is 0 Å². The van der Waals surface area contributed by atoms with E-state index in [1.807, 2.05) is 42.5 Å². The number of carbonyl (C=O) groups excluding carboxylic acids is 1. The van der Waals surface area contributed by atoms with Crippen LogP contribution < -0.4 is 5.73 Å². The number of hydrogen-bond donors (Lipinski definition) is 1. The fourth-order valence-corrected chi connectivity index (χ4v) is 3.67. The zero-order chi connectivity index (χ0) is 20.4. The molecule has 0 aliphatic rings. The van der Waals surface area contributed by atoms with Crippen LogP contribution in [0.1, 0.15) is 35.1 Å². The third-order valence-electron chi connectivity index (χ3n) is 5.08. The molecule has 0 radical (unpaired) electrons. The van der Waals surface area contributed by atoms with Gasteiger partial charge in [0.25, 0.3) is 0 Å². The smallest absolute Gasteiger partial charge is 0.249 e. The molecule has 1 aromatic heterocycles. The van der Waals surface area contributed by atoms with Crippen LogP contribution in [0.5, 0.6) is 0 Å². The van der Waals surface area contributed by atoms with Crippen LogP contribution in [-0.4, -0.2) is 15.5 Å². The first-order valence-electron chi connectivity index (χ1n) is 9.70. The van der Waals surface area contributed by atoms with Gasteiger partial charge < -0.3 is 10.3 Å². The third-order valence-corrected chi connectivity index (χ3v) is 5.08. The number of amides is 1. The summed E-state index contributed by atoms with van der Waals surface area (Å²) in [6.07, 6.45) is 1.73. The van der Waals surface area contributed by atoms with E-state index in [9.17, 15) is 9.18 Å². The monoisotopic (exact) mass is 387 g/mol. The average Bonchev–Trinajstić information content (AvgIpc) is 3.07. The molecular weight excluding hydrogens is 365 g/mol. The molecule has 5 heteroatoms. The molecule has 3 aromatic carbocycles. The highest BCUT2D eigenvalue weighted by molar-refractivity contribution is 5.99. The van der Waals surface area contributed by atoms with Crippen molar-refractivity contribution in [2.45, 2.75) is 26.3 Å². The molecule has 1 heterocycles. The molecule has 0 saturated heterocycles. The molecule has 0 unspecified atom stereocenters. The molecular formula is C24H22FN3O. The maximum absolute atomic E-state index is 14.2. The van der Waals surface area contributed by atoms with Gasteiger partial charge in [0.2, 0.25) is 5.91 Å². The molecule has 4 rings (SSSR count). The number of para-hydroxylation sites is 1. The predicted molar refractivity (Wildman–Crippen MR) is 113 cm³/mol. The lowest BCUT2D eigenvalue weighted by atomic mass is 9.98. The molecule has 146 valence electrons. The van der Waals surface area contributed by atoms with E-state index in [2.05, 4.69) is 16.5 Å². The Morgan fingerprint density at radius 3 is 2.52 bits per heavy atom. The summed E-state index contributed by atoms with van der Waals surface area (Å²) in [5.41, 5.74) is 10.0. The van der Waals surface area contributed by atoms with Crippen molar-refractivity contribution in [2.24, 2.45) is 5.73 Å². The quantitative estimate of drug-likeness (QED) is 0.509. The Kier molecular flexibility index (Phi) is 5.12. The van der Waals surface area contributed by atoms with Crippen LogP contribution in [0, 0.1) is 5.82 Å². The van der Waals surface area contributed by atoms with Crippen molar-refractivity contribution in [3.63, 3.8) is 0 Å². The molecule has 4 nitrogen and oxygen atoms in total. The van der Waals surface area contributed by atoms with Crippen LogP contribution in [0.3, 0.4) is 0 Å². The first-order chi connectivity index (χ1) is 14.1. The third kappa shape index (κ3) is 3.63. The Balaban J connectivity index is 1.69. The van der Waals surface area contributed by atoms with Crippen molar-refractivity contribution in [1.29, 1.82) is 0 Å². The number of nitrogens with two attached hydrogens (primary N) is 1. The lowest BCUT2D eigenvalue weighted by molar-refractivity contribution is 0.100. The van der Waals surface area contributed by atoms with E-state index in [4.69, 9.17) is 5.73 Å². The number of benzene rings is 3. The minimum atomic E-state index is -0.444. The number of fused-ring (bicyclic) bond motifs is 1. The van der Waals surface area contributed by atoms with Gasteiger partial charge in [-0.2, -0.15) is 0 Å². The Morgan fingerprint density at radius 1 is 1.03 bits per heavy atom. The average molecular weight is 387 g/mol. The van der Waals surface area contributed by atoms with E-state index in [0.717, 1.165) is 40.9 Å². The van der Waals surface area contributed by atoms with Gasteiger partial charge in [-0.3, -0.25) is 4.79 Å². The summed E-state index contributed by atoms with van der Waals surface area (Å²) in [7, 11) is 0. The van der Waals surface area contributed by atoms with Crippen molar-refractivity contribution in [2.75, 3.05) is 0 Å². The fraction of sp³-hybridized carbons (Fsp3) is 0.167. The summed E-state index contributed by atoms with van der Waals surface area (Å²) in [5, 5.41) is 0. The van der Waals surface area contributed by atoms with E-state index in [1.54, 1.807) is 18.2 Å². The number of halogens is 1. The van der Waals surface area contributed by atoms with Crippen molar-refractivity contribution in [1.82, 2.24) is 9.55 Å². The molecule has 0 atom stereocenters. The summed E-state index contributed by atoms with van der Waals surface area (Å²) in [4.78, 5) is 16.2. The lowest BCUT2D eigenvalue weighted by Gasteiger charge is -2.11. The maximum Gasteiger partial charge on any atom is 0.249 e. The minimum absolute atomic E-state index is 0.294. The van der Waals surface area contributed by atoms with Crippen LogP contribution in [0.25, 0.3) is 22.2 Å². The van der Waals surface area contributed by atoms with Gasteiger partial charge in [0, 0.05) is 18.5 Å². The summed E-state index contributed by atoms with van der Waals surface area (Å²) in [5.74, 6) is 0.147. The highest BCUT2D eigenvalue weighted by atomic mass is 19.1. The number of rotatable bonds is 6. The number of imidazole rings is 1. The molecule has 0 aliphatic heterocycles. The molecule has 0 saturated carbocycles. The molecule has 0 bridgehead atoms. The first-order valence-corrected chi connectivity index (χ1v) is 9.70. The van der Waals surface area contributed by atoms with E-state index < -0.39 is 5.91 Å². The summed E-state index contributed by atoms with van der Waals surface area (Å²) >= 11 is 0. The Hall–Kier alpha value is -3.47. The van der Waals surface area contributed by atoms with Crippen molar-refractivity contribution in [3.05, 3.63) is 89.5 Å². The number of nitrogens with zero attached hydrogens (tertiary/aromatic N) is 2. The maximum atomic E-state index is 14.2. The number of carbonyl (C=O) groups is 1. The molecule has 0 aliphatic carbocycles. The molecule has 0 spiro atoms. The fourth-order valence-electron chi connectivity index (χ4n) is 3.67. The van der Waals surface area contributed by atoms with Gasteiger partial charge in [-0.25, -0.2) is 9.37 Å². The molecule has 0 fully saturated rings. The van der Waals surface area contributed by atoms with Gasteiger partial charge >= 0.3 is 0 Å². The highest BCUT2D eigenvalue weighted by Crippen LogP contribution is 2.25. The normalized spacial score (nSPS) is 11.1. The van der Waals surface area contributed by atoms with Crippen LogP contribution in [0.4, 0.5) is 4.39 Å². The second kappa shape index (κ2) is 7.87. The van der Waals surface area contributed by atoms with Crippen LogP contribution in [0.2, 0.25) is 0 Å². The van der Waals surface area contributed by atoms with E-state index in [1.165, 1.54) is 6.07 Å². The van der Waals surface area contributed by atoms with Crippen molar-refractivity contribution in [3.8, 4) is 11.1 Å². The molecule has 2 N–H and O–H groups in total. The Morgan fingerprint density at radius 2 is 1.79 bits per heavy atom. The van der Waals surface area contributed by atoms with E-state index in [-0.39, 0.29) is 5.82 Å². The van der Waals surface area contributed by atoms with Gasteiger partial charge in [-0.05, 0) is 41.3 Å². The molecule has 1 amide bonds. The summed E-state index contributed by atoms with van der Waals surface area (Å²) < 4.78 is 16.3. The zero-order valence-corrected chi connectivity index (χ0v) is 16.2. The Bertz CT molecular complexity index is 1180. The van der Waals surface area contributed by atoms with Gasteiger partial charge in [-0.15, -0.1) is 0 Å². The largest absolute Gasteiger partial charge is 0.366 e. The van der Waals surface area contributed by atoms with E-state index in [0.29, 0.717) is 17.6 Å². The minimum Gasteiger partial charge on any atom is -0.366 e. The number of aromatic nitrogens is 2. The second-order valence-electron chi connectivity index (χ2n) is 7.08. The van der Waals surface area contributed by atoms with Crippen LogP contribution in [0.15, 0.2) is 66.7 Å². The zero-order valence-electron chi connectivity index (χ0n) is 16.2. The molecule has 4 aromatic rings. The van der Waals surface area contributed by atoms with Crippen molar-refractivity contribution < 1.29 is 9.18 Å². The topological polar surface area (TPSA) is 60.9 Å². The van der Waals surface area contributed by atoms with Gasteiger partial charge in [0.05, 0.1) is 5.52 Å². The van der Waals surface area contributed by atoms with Gasteiger partial charge in [-0.1, -0.05) is 55.5 Å². The standard InChI is InChI=1S/C24H22FN3O/c1-2-6-22-27-23-20(25)9-5-10-21(23)28(22)15-16-11-13-17(14-12-16)18-7-3-4-8-19(18)24(26)29/h3-5,7-14H,2,6,15H2,1H3,(H2,26,29). The van der Waals surface area contributed by atoms with Crippen molar-refractivity contribution >= 4 is 16.9 Å². The Labute approximate surface area is 168 Å². The number of primary amides is 1. The summed E-state index contributed by atoms with van der Waals surface area (Å²) in [6.45, 7) is 2.69. The molecule has 29 heavy (non-hydrogen) atoms. The predicted octanol–water partition coefficient (Wildman–Crippen LogP) is 4.94. The van der Waals surface area contributed by atoms with E-state index >= 15 is 0 Å². The SMILES string of the molecule is CCCc1nc2c(F)cccc2n1Cc1ccc(-c2ccccc2C(N)=O)cc1. The first kappa shape index (κ1) is 18.9. The summed E-state index contributed by atoms with van der Waals surface area (Å²) in [6, 6.07) is 20.4. The van der Waals surface area contributed by atoms with Gasteiger partial charge in [0.15, 0.2) is 5.82 Å². The van der Waals surface area contributed by atoms with Crippen LogP contribution in [-0.2, 0) is 13.0 Å². The second-order valence-corrected chi connectivity index (χ2v) is 7.08. The lowest BCUT2D eigenvalue weighted by Crippen LogP contribution is -2.12. The number of aryl methyl sites for hydroxylation is 1. The number of hydrogen-bond acceptors (Lipinski definition) is 2.